The topological polar surface area (TPSA) is 189 Å². The normalized spacial score (nSPS) is 19.3. The summed E-state index contributed by atoms with van der Waals surface area (Å²) in [6, 6.07) is -1.19. The van der Waals surface area contributed by atoms with E-state index in [1.54, 1.807) is 0 Å². The largest absolute Gasteiger partial charge is 0.394 e. The summed E-state index contributed by atoms with van der Waals surface area (Å²) in [5.74, 6) is -0.706. The van der Waals surface area contributed by atoms with Crippen molar-refractivity contribution < 1.29 is 50.0 Å². The first-order valence-corrected chi connectivity index (χ1v) is 34.9. The van der Waals surface area contributed by atoms with E-state index in [0.29, 0.717) is 19.3 Å². The molecule has 9 unspecified atom stereocenters. The number of ether oxygens (including phenoxy) is 2. The summed E-state index contributed by atoms with van der Waals surface area (Å²) in [7, 11) is 0. The van der Waals surface area contributed by atoms with Crippen molar-refractivity contribution in [3.8, 4) is 0 Å². The Bertz CT molecular complexity index is 1410. The predicted octanol–water partition coefficient (Wildman–Crippen LogP) is 16.6. The molecule has 1 fully saturated rings. The molecule has 1 heterocycles. The quantitative estimate of drug-likeness (QED) is 0.0215. The molecule has 478 valence electrons. The molecule has 1 rings (SSSR count). The van der Waals surface area contributed by atoms with Crippen molar-refractivity contribution in [3.05, 3.63) is 36.5 Å². The van der Waals surface area contributed by atoms with Gasteiger partial charge in [0.15, 0.2) is 6.29 Å². The van der Waals surface area contributed by atoms with Crippen molar-refractivity contribution >= 4 is 5.91 Å². The Balaban J connectivity index is 2.23. The maximum Gasteiger partial charge on any atom is 0.249 e. The van der Waals surface area contributed by atoms with Crippen molar-refractivity contribution in [1.82, 2.24) is 5.32 Å². The van der Waals surface area contributed by atoms with E-state index >= 15 is 0 Å². The lowest BCUT2D eigenvalue weighted by Gasteiger charge is -2.40. The summed E-state index contributed by atoms with van der Waals surface area (Å²) in [5, 5.41) is 76.4. The van der Waals surface area contributed by atoms with Crippen LogP contribution in [0.4, 0.5) is 0 Å². The number of rotatable bonds is 61. The highest BCUT2D eigenvalue weighted by atomic mass is 16.7. The Morgan fingerprint density at radius 2 is 0.741 bits per heavy atom. The predicted molar refractivity (Wildman–Crippen MR) is 339 cm³/mol. The van der Waals surface area contributed by atoms with Crippen molar-refractivity contribution in [2.24, 2.45) is 0 Å². The van der Waals surface area contributed by atoms with E-state index in [9.17, 15) is 40.5 Å². The van der Waals surface area contributed by atoms with Crippen LogP contribution in [0.1, 0.15) is 335 Å². The monoisotopic (exact) mass is 1150 g/mol. The number of carbonyl (C=O) groups is 1. The van der Waals surface area contributed by atoms with Crippen LogP contribution < -0.4 is 5.32 Å². The zero-order chi connectivity index (χ0) is 58.9. The highest BCUT2D eigenvalue weighted by Gasteiger charge is 2.44. The molecule has 0 aromatic heterocycles. The van der Waals surface area contributed by atoms with Gasteiger partial charge in [0, 0.05) is 0 Å². The molecule has 0 saturated carbocycles. The van der Waals surface area contributed by atoms with Crippen molar-refractivity contribution in [2.45, 2.75) is 390 Å². The first-order chi connectivity index (χ1) is 39.7. The van der Waals surface area contributed by atoms with Crippen LogP contribution in [-0.2, 0) is 14.3 Å². The summed E-state index contributed by atoms with van der Waals surface area (Å²) in [5.41, 5.74) is 0. The molecule has 1 amide bonds. The maximum absolute atomic E-state index is 13.2. The molecule has 8 N–H and O–H groups in total. The van der Waals surface area contributed by atoms with E-state index in [0.717, 1.165) is 38.5 Å². The Morgan fingerprint density at radius 3 is 1.10 bits per heavy atom. The summed E-state index contributed by atoms with van der Waals surface area (Å²) in [4.78, 5) is 13.2. The highest BCUT2D eigenvalue weighted by molar-refractivity contribution is 5.80. The van der Waals surface area contributed by atoms with Crippen LogP contribution in [0.3, 0.4) is 0 Å². The second kappa shape index (κ2) is 58.7. The molecule has 0 spiro atoms. The lowest BCUT2D eigenvalue weighted by molar-refractivity contribution is -0.303. The number of aliphatic hydroxyl groups excluding tert-OH is 7. The molecule has 0 bridgehead atoms. The average molecular weight is 1150 g/mol. The van der Waals surface area contributed by atoms with Gasteiger partial charge in [-0.15, -0.1) is 0 Å². The van der Waals surface area contributed by atoms with Gasteiger partial charge in [0.1, 0.15) is 36.6 Å². The zero-order valence-corrected chi connectivity index (χ0v) is 52.8. The van der Waals surface area contributed by atoms with Crippen molar-refractivity contribution in [3.63, 3.8) is 0 Å². The second-order valence-corrected chi connectivity index (χ2v) is 24.6. The molecule has 9 atom stereocenters. The van der Waals surface area contributed by atoms with Gasteiger partial charge >= 0.3 is 0 Å². The summed E-state index contributed by atoms with van der Waals surface area (Å²) in [6.45, 7) is 3.49. The van der Waals surface area contributed by atoms with Crippen molar-refractivity contribution in [2.75, 3.05) is 13.2 Å². The summed E-state index contributed by atoms with van der Waals surface area (Å²) in [6.07, 6.45) is 63.7. The van der Waals surface area contributed by atoms with Gasteiger partial charge in [-0.2, -0.15) is 0 Å². The number of amides is 1. The number of aliphatic hydroxyl groups is 7. The molecule has 81 heavy (non-hydrogen) atoms. The lowest BCUT2D eigenvalue weighted by Crippen LogP contribution is -2.60. The Kier molecular flexibility index (Phi) is 56.0. The summed E-state index contributed by atoms with van der Waals surface area (Å²) < 4.78 is 11.2. The minimum atomic E-state index is -1.67. The number of carbonyl (C=O) groups excluding carboxylic acids is 1. The Morgan fingerprint density at radius 1 is 0.420 bits per heavy atom. The molecule has 0 aromatic carbocycles. The molecule has 1 aliphatic heterocycles. The highest BCUT2D eigenvalue weighted by Crippen LogP contribution is 2.24. The van der Waals surface area contributed by atoms with Crippen LogP contribution in [0, 0.1) is 0 Å². The van der Waals surface area contributed by atoms with E-state index in [4.69, 9.17) is 9.47 Å². The van der Waals surface area contributed by atoms with Gasteiger partial charge in [0.2, 0.25) is 5.91 Å². The number of hydrogen-bond donors (Lipinski definition) is 8. The van der Waals surface area contributed by atoms with E-state index in [1.165, 1.54) is 250 Å². The molecular formula is C70H133NO10. The number of unbranched alkanes of at least 4 members (excludes halogenated alkanes) is 43. The minimum Gasteiger partial charge on any atom is -0.394 e. The Hall–Kier alpha value is -1.67. The van der Waals surface area contributed by atoms with Gasteiger partial charge in [-0.05, 0) is 77.0 Å². The van der Waals surface area contributed by atoms with Crippen LogP contribution in [0.25, 0.3) is 0 Å². The fourth-order valence-corrected chi connectivity index (χ4v) is 11.3. The summed E-state index contributed by atoms with van der Waals surface area (Å²) >= 11 is 0. The van der Waals surface area contributed by atoms with Gasteiger partial charge in [-0.3, -0.25) is 4.79 Å². The molecule has 11 nitrogen and oxygen atoms in total. The van der Waals surface area contributed by atoms with Gasteiger partial charge in [0.25, 0.3) is 0 Å². The van der Waals surface area contributed by atoms with Gasteiger partial charge in [-0.1, -0.05) is 294 Å². The van der Waals surface area contributed by atoms with Gasteiger partial charge in [0.05, 0.1) is 25.4 Å². The Labute approximate surface area is 498 Å². The standard InChI is InChI=1S/C70H133NO10/c1-3-5-7-9-11-13-15-17-19-21-23-25-27-29-30-31-32-34-36-38-40-42-44-46-48-50-52-54-56-58-63(74)69(79)71-61(60-80-70-68(78)67(77)66(76)64(59-72)81-70)65(75)62(73)57-55-53-51-49-47-45-43-41-39-37-35-33-28-26-24-22-20-18-16-14-12-10-8-6-4-2/h29-30,41,43,49,51,61-68,70,72-78H,3-28,31-40,42,44-48,50,52-60H2,1-2H3,(H,71,79)/b30-29-,43-41+,51-49+. The molecule has 1 aliphatic rings. The number of allylic oxidation sites excluding steroid dienone is 6. The van der Waals surface area contributed by atoms with Gasteiger partial charge < -0.3 is 50.5 Å². The van der Waals surface area contributed by atoms with Crippen LogP contribution in [-0.4, -0.2) is 110 Å². The third-order valence-electron chi connectivity index (χ3n) is 16.9. The maximum atomic E-state index is 13.2. The first kappa shape index (κ1) is 77.3. The van der Waals surface area contributed by atoms with Crippen LogP contribution in [0.5, 0.6) is 0 Å². The number of nitrogens with one attached hydrogen (secondary N) is 1. The third-order valence-corrected chi connectivity index (χ3v) is 16.9. The van der Waals surface area contributed by atoms with E-state index in [2.05, 4.69) is 55.6 Å². The molecule has 0 aromatic rings. The second-order valence-electron chi connectivity index (χ2n) is 24.6. The molecule has 11 heteroatoms. The minimum absolute atomic E-state index is 0.248. The van der Waals surface area contributed by atoms with E-state index < -0.39 is 74.2 Å². The lowest BCUT2D eigenvalue weighted by atomic mass is 9.98. The van der Waals surface area contributed by atoms with Crippen LogP contribution >= 0.6 is 0 Å². The van der Waals surface area contributed by atoms with E-state index in [1.807, 2.05) is 0 Å². The SMILES string of the molecule is CCCCCCCCCCCCCC/C=C\CCCCCCCCCCCCCCCC(O)C(=O)NC(COC1OC(CO)C(O)C(O)C1O)C(O)C(O)CCC/C=C/CC/C=C/CCCCCCCCCCCCCCCCCC. The first-order valence-electron chi connectivity index (χ1n) is 34.9. The molecule has 0 aliphatic carbocycles. The smallest absolute Gasteiger partial charge is 0.249 e. The van der Waals surface area contributed by atoms with Crippen LogP contribution in [0.15, 0.2) is 36.5 Å². The van der Waals surface area contributed by atoms with E-state index in [-0.39, 0.29) is 12.8 Å². The molecule has 1 saturated heterocycles. The zero-order valence-electron chi connectivity index (χ0n) is 52.8. The fourth-order valence-electron chi connectivity index (χ4n) is 11.3. The molecule has 0 radical (unpaired) electrons. The van der Waals surface area contributed by atoms with Crippen molar-refractivity contribution in [1.29, 1.82) is 0 Å². The average Bonchev–Trinajstić information content (AvgIpc) is 3.51. The van der Waals surface area contributed by atoms with Gasteiger partial charge in [-0.25, -0.2) is 0 Å². The fraction of sp³-hybridized carbons (Fsp3) is 0.900. The third kappa shape index (κ3) is 46.3. The van der Waals surface area contributed by atoms with Crippen LogP contribution in [0.2, 0.25) is 0 Å². The molecular weight excluding hydrogens is 1010 g/mol. The number of hydrogen-bond acceptors (Lipinski definition) is 10.